The Morgan fingerprint density at radius 1 is 1.17 bits per heavy atom. The molecule has 2 unspecified atom stereocenters. The van der Waals surface area contributed by atoms with E-state index in [-0.39, 0.29) is 24.1 Å². The van der Waals surface area contributed by atoms with Crippen molar-refractivity contribution in [3.05, 3.63) is 29.8 Å². The molecule has 0 aliphatic heterocycles. The van der Waals surface area contributed by atoms with Gasteiger partial charge in [0.15, 0.2) is 6.29 Å². The zero-order chi connectivity index (χ0) is 13.5. The van der Waals surface area contributed by atoms with Gasteiger partial charge in [0.25, 0.3) is 0 Å². The molecular formula is C14H23NO3. The molecule has 0 bridgehead atoms. The first-order valence-electron chi connectivity index (χ1n) is 6.22. The summed E-state index contributed by atoms with van der Waals surface area (Å²) in [6, 6.07) is 7.56. The van der Waals surface area contributed by atoms with Crippen molar-refractivity contribution in [2.75, 3.05) is 14.2 Å². The summed E-state index contributed by atoms with van der Waals surface area (Å²) in [4.78, 5) is 0. The van der Waals surface area contributed by atoms with Crippen LogP contribution in [0.4, 0.5) is 0 Å². The average molecular weight is 253 g/mol. The number of ether oxygens (including phenoxy) is 2. The Balaban J connectivity index is 2.69. The van der Waals surface area contributed by atoms with Gasteiger partial charge in [-0.2, -0.15) is 0 Å². The van der Waals surface area contributed by atoms with Gasteiger partial charge in [-0.25, -0.2) is 0 Å². The second-order valence-electron chi connectivity index (χ2n) is 4.35. The monoisotopic (exact) mass is 253 g/mol. The van der Waals surface area contributed by atoms with Crippen LogP contribution in [0.3, 0.4) is 0 Å². The fraction of sp³-hybridized carbons (Fsp3) is 0.571. The molecule has 0 heterocycles. The van der Waals surface area contributed by atoms with Gasteiger partial charge in [0.05, 0.1) is 6.04 Å². The van der Waals surface area contributed by atoms with E-state index in [1.165, 1.54) is 0 Å². The van der Waals surface area contributed by atoms with Crippen LogP contribution in [-0.2, 0) is 9.47 Å². The maximum Gasteiger partial charge on any atom is 0.171 e. The smallest absolute Gasteiger partial charge is 0.171 e. The molecule has 0 aromatic heterocycles. The van der Waals surface area contributed by atoms with Gasteiger partial charge >= 0.3 is 0 Å². The van der Waals surface area contributed by atoms with Gasteiger partial charge in [-0.1, -0.05) is 19.1 Å². The van der Waals surface area contributed by atoms with Gasteiger partial charge in [-0.3, -0.25) is 0 Å². The molecule has 4 nitrogen and oxygen atoms in total. The Hall–Kier alpha value is -1.10. The van der Waals surface area contributed by atoms with Crippen LogP contribution in [0.2, 0.25) is 0 Å². The molecule has 0 spiro atoms. The highest BCUT2D eigenvalue weighted by molar-refractivity contribution is 5.28. The lowest BCUT2D eigenvalue weighted by Gasteiger charge is -2.27. The number of hydrogen-bond acceptors (Lipinski definition) is 4. The summed E-state index contributed by atoms with van der Waals surface area (Å²) in [5, 5.41) is 12.8. The molecule has 0 aliphatic rings. The SMILES string of the molecule is CCC(NC(C)C(OC)OC)c1ccc(O)cc1. The van der Waals surface area contributed by atoms with E-state index < -0.39 is 0 Å². The van der Waals surface area contributed by atoms with E-state index in [2.05, 4.69) is 12.2 Å². The third kappa shape index (κ3) is 3.98. The topological polar surface area (TPSA) is 50.7 Å². The Bertz CT molecular complexity index is 335. The molecule has 4 heteroatoms. The molecule has 18 heavy (non-hydrogen) atoms. The maximum atomic E-state index is 9.30. The number of hydrogen-bond donors (Lipinski definition) is 2. The van der Waals surface area contributed by atoms with Gasteiger partial charge in [-0.15, -0.1) is 0 Å². The number of phenolic OH excluding ortho intramolecular Hbond substituents is 1. The zero-order valence-electron chi connectivity index (χ0n) is 11.5. The van der Waals surface area contributed by atoms with Gasteiger partial charge in [0.2, 0.25) is 0 Å². The van der Waals surface area contributed by atoms with Gasteiger partial charge in [0, 0.05) is 20.3 Å². The van der Waals surface area contributed by atoms with Gasteiger partial charge < -0.3 is 19.9 Å². The lowest BCUT2D eigenvalue weighted by molar-refractivity contribution is -0.121. The maximum absolute atomic E-state index is 9.30. The molecule has 0 amide bonds. The Kier molecular flexibility index (Phi) is 6.12. The van der Waals surface area contributed by atoms with E-state index >= 15 is 0 Å². The summed E-state index contributed by atoms with van der Waals surface area (Å²) >= 11 is 0. The normalized spacial score (nSPS) is 14.7. The lowest BCUT2D eigenvalue weighted by atomic mass is 10.0. The van der Waals surface area contributed by atoms with Crippen LogP contribution in [-0.4, -0.2) is 31.7 Å². The van der Waals surface area contributed by atoms with E-state index in [4.69, 9.17) is 9.47 Å². The van der Waals surface area contributed by atoms with Crippen LogP contribution in [0.15, 0.2) is 24.3 Å². The van der Waals surface area contributed by atoms with Crippen molar-refractivity contribution in [2.45, 2.75) is 38.6 Å². The molecule has 0 aliphatic carbocycles. The summed E-state index contributed by atoms with van der Waals surface area (Å²) in [6.45, 7) is 4.15. The number of phenols is 1. The minimum atomic E-state index is -0.267. The average Bonchev–Trinajstić information content (AvgIpc) is 2.38. The van der Waals surface area contributed by atoms with Crippen LogP contribution in [0.5, 0.6) is 5.75 Å². The largest absolute Gasteiger partial charge is 0.508 e. The molecule has 2 atom stereocenters. The summed E-state index contributed by atoms with van der Waals surface area (Å²) in [5.74, 6) is 0.285. The van der Waals surface area contributed by atoms with E-state index in [1.807, 2.05) is 19.1 Å². The van der Waals surface area contributed by atoms with E-state index in [9.17, 15) is 5.11 Å². The van der Waals surface area contributed by atoms with Crippen molar-refractivity contribution >= 4 is 0 Å². The highest BCUT2D eigenvalue weighted by Gasteiger charge is 2.19. The molecule has 0 fully saturated rings. The highest BCUT2D eigenvalue weighted by atomic mass is 16.7. The van der Waals surface area contributed by atoms with Crippen molar-refractivity contribution in [2.24, 2.45) is 0 Å². The standard InChI is InChI=1S/C14H23NO3/c1-5-13(11-6-8-12(16)9-7-11)15-10(2)14(17-3)18-4/h6-10,13-16H,5H2,1-4H3. The third-order valence-corrected chi connectivity index (χ3v) is 3.04. The van der Waals surface area contributed by atoms with E-state index in [1.54, 1.807) is 26.4 Å². The Morgan fingerprint density at radius 3 is 2.17 bits per heavy atom. The number of benzene rings is 1. The van der Waals surface area contributed by atoms with Crippen molar-refractivity contribution in [1.82, 2.24) is 5.32 Å². The van der Waals surface area contributed by atoms with Gasteiger partial charge in [-0.05, 0) is 31.0 Å². The van der Waals surface area contributed by atoms with Crippen molar-refractivity contribution < 1.29 is 14.6 Å². The number of methoxy groups -OCH3 is 2. The second-order valence-corrected chi connectivity index (χ2v) is 4.35. The lowest BCUT2D eigenvalue weighted by Crippen LogP contribution is -2.41. The van der Waals surface area contributed by atoms with E-state index in [0.717, 1.165) is 12.0 Å². The molecule has 1 rings (SSSR count). The summed E-state index contributed by atoms with van der Waals surface area (Å²) < 4.78 is 10.5. The molecule has 1 aromatic rings. The fourth-order valence-electron chi connectivity index (χ4n) is 2.06. The molecule has 2 N–H and O–H groups in total. The quantitative estimate of drug-likeness (QED) is 0.733. The van der Waals surface area contributed by atoms with Crippen LogP contribution in [0.25, 0.3) is 0 Å². The van der Waals surface area contributed by atoms with Gasteiger partial charge in [0.1, 0.15) is 5.75 Å². The molecule has 0 saturated carbocycles. The Labute approximate surface area is 109 Å². The molecule has 0 saturated heterocycles. The summed E-state index contributed by atoms with van der Waals surface area (Å²) in [5.41, 5.74) is 1.15. The minimum absolute atomic E-state index is 0.0822. The third-order valence-electron chi connectivity index (χ3n) is 3.04. The summed E-state index contributed by atoms with van der Waals surface area (Å²) in [6.07, 6.45) is 0.686. The fourth-order valence-corrected chi connectivity index (χ4v) is 2.06. The van der Waals surface area contributed by atoms with Crippen molar-refractivity contribution in [1.29, 1.82) is 0 Å². The highest BCUT2D eigenvalue weighted by Crippen LogP contribution is 2.20. The first-order valence-corrected chi connectivity index (χ1v) is 6.22. The zero-order valence-corrected chi connectivity index (χ0v) is 11.5. The molecule has 0 radical (unpaired) electrons. The first kappa shape index (κ1) is 15.0. The molecular weight excluding hydrogens is 230 g/mol. The second kappa shape index (κ2) is 7.36. The minimum Gasteiger partial charge on any atom is -0.508 e. The van der Waals surface area contributed by atoms with E-state index in [0.29, 0.717) is 0 Å². The number of rotatable bonds is 7. The van der Waals surface area contributed by atoms with Crippen LogP contribution < -0.4 is 5.32 Å². The van der Waals surface area contributed by atoms with Crippen molar-refractivity contribution in [3.63, 3.8) is 0 Å². The Morgan fingerprint density at radius 2 is 1.72 bits per heavy atom. The van der Waals surface area contributed by atoms with Crippen LogP contribution in [0, 0.1) is 0 Å². The molecule has 1 aromatic carbocycles. The predicted octanol–water partition coefficient (Wildman–Crippen LogP) is 2.44. The number of nitrogens with one attached hydrogen (secondary N) is 1. The number of aromatic hydroxyl groups is 1. The summed E-state index contributed by atoms with van der Waals surface area (Å²) in [7, 11) is 3.27. The molecule has 102 valence electrons. The van der Waals surface area contributed by atoms with Crippen LogP contribution in [0.1, 0.15) is 31.9 Å². The predicted molar refractivity (Wildman–Crippen MR) is 71.5 cm³/mol. The first-order chi connectivity index (χ1) is 8.62. The van der Waals surface area contributed by atoms with Crippen LogP contribution >= 0.6 is 0 Å². The van der Waals surface area contributed by atoms with Crippen molar-refractivity contribution in [3.8, 4) is 5.75 Å².